The first-order valence-corrected chi connectivity index (χ1v) is 6.72. The molecule has 1 fully saturated rings. The fourth-order valence-corrected chi connectivity index (χ4v) is 2.25. The van der Waals surface area contributed by atoms with Crippen LogP contribution in [0, 0.1) is 10.1 Å². The van der Waals surface area contributed by atoms with Crippen molar-refractivity contribution in [1.29, 1.82) is 0 Å². The smallest absolute Gasteiger partial charge is 0.292 e. The van der Waals surface area contributed by atoms with E-state index in [1.54, 1.807) is 12.1 Å². The Bertz CT molecular complexity index is 481. The summed E-state index contributed by atoms with van der Waals surface area (Å²) in [6, 6.07) is 4.66. The van der Waals surface area contributed by atoms with Crippen LogP contribution in [0.4, 0.5) is 17.1 Å². The average Bonchev–Trinajstić information content (AvgIpc) is 2.45. The van der Waals surface area contributed by atoms with Gasteiger partial charge in [-0.3, -0.25) is 15.0 Å². The number of hydrogen-bond donors (Lipinski definition) is 2. The number of likely N-dealkylation sites (N-methyl/N-ethyl adjacent to an activating group) is 1. The molecule has 0 saturated carbocycles. The number of hydrogen-bond acceptors (Lipinski definition) is 6. The van der Waals surface area contributed by atoms with Crippen LogP contribution in [0.3, 0.4) is 0 Å². The molecule has 0 aromatic heterocycles. The first-order valence-electron chi connectivity index (χ1n) is 6.72. The third kappa shape index (κ3) is 3.58. The largest absolute Gasteiger partial charge is 0.393 e. The van der Waals surface area contributed by atoms with Gasteiger partial charge < -0.3 is 15.8 Å². The van der Waals surface area contributed by atoms with E-state index in [0.29, 0.717) is 6.54 Å². The number of nitrogen functional groups attached to an aromatic ring is 1. The molecule has 2 rings (SSSR count). The van der Waals surface area contributed by atoms with E-state index < -0.39 is 4.92 Å². The second kappa shape index (κ2) is 6.53. The second-order valence-electron chi connectivity index (χ2n) is 4.80. The van der Waals surface area contributed by atoms with Crippen molar-refractivity contribution in [3.63, 3.8) is 0 Å². The van der Waals surface area contributed by atoms with E-state index in [1.807, 2.05) is 0 Å². The molecule has 3 N–H and O–H groups in total. The van der Waals surface area contributed by atoms with Gasteiger partial charge in [-0.1, -0.05) is 6.92 Å². The summed E-state index contributed by atoms with van der Waals surface area (Å²) in [4.78, 5) is 12.5. The molecular weight excluding hydrogens is 260 g/mol. The van der Waals surface area contributed by atoms with Gasteiger partial charge in [-0.05, 0) is 18.7 Å². The second-order valence-corrected chi connectivity index (χ2v) is 4.80. The van der Waals surface area contributed by atoms with E-state index in [1.165, 1.54) is 6.07 Å². The zero-order valence-electron chi connectivity index (χ0n) is 11.5. The van der Waals surface area contributed by atoms with Crippen LogP contribution in [0.5, 0.6) is 0 Å². The van der Waals surface area contributed by atoms with Gasteiger partial charge in [0.05, 0.1) is 17.6 Å². The number of ether oxygens (including phenoxy) is 1. The molecule has 7 heteroatoms. The molecule has 1 unspecified atom stereocenters. The maximum atomic E-state index is 10.7. The SMILES string of the molecule is CCN1CCOC(CNc2ccc([N+](=O)[O-])c(N)c2)C1. The van der Waals surface area contributed by atoms with Gasteiger partial charge in [0.15, 0.2) is 0 Å². The zero-order valence-corrected chi connectivity index (χ0v) is 11.5. The fraction of sp³-hybridized carbons (Fsp3) is 0.538. The van der Waals surface area contributed by atoms with Crippen molar-refractivity contribution in [3.8, 4) is 0 Å². The molecule has 0 aliphatic carbocycles. The van der Waals surface area contributed by atoms with Gasteiger partial charge >= 0.3 is 0 Å². The Labute approximate surface area is 117 Å². The number of benzene rings is 1. The Morgan fingerprint density at radius 1 is 1.60 bits per heavy atom. The third-order valence-electron chi connectivity index (χ3n) is 3.43. The molecule has 110 valence electrons. The highest BCUT2D eigenvalue weighted by atomic mass is 16.6. The molecule has 0 bridgehead atoms. The number of nitro benzene ring substituents is 1. The van der Waals surface area contributed by atoms with E-state index >= 15 is 0 Å². The van der Waals surface area contributed by atoms with Crippen molar-refractivity contribution in [2.24, 2.45) is 0 Å². The molecule has 0 radical (unpaired) electrons. The summed E-state index contributed by atoms with van der Waals surface area (Å²) in [5.41, 5.74) is 6.52. The van der Waals surface area contributed by atoms with Crippen LogP contribution < -0.4 is 11.1 Å². The predicted octanol–water partition coefficient (Wildman–Crippen LogP) is 1.31. The summed E-state index contributed by atoms with van der Waals surface area (Å²) in [6.45, 7) is 6.41. The fourth-order valence-electron chi connectivity index (χ4n) is 2.25. The quantitative estimate of drug-likeness (QED) is 0.480. The van der Waals surface area contributed by atoms with Crippen LogP contribution >= 0.6 is 0 Å². The molecule has 0 spiro atoms. The maximum Gasteiger partial charge on any atom is 0.292 e. The van der Waals surface area contributed by atoms with Crippen molar-refractivity contribution in [2.45, 2.75) is 13.0 Å². The summed E-state index contributed by atoms with van der Waals surface area (Å²) in [6.07, 6.45) is 0.125. The van der Waals surface area contributed by atoms with Crippen molar-refractivity contribution >= 4 is 17.1 Å². The predicted molar refractivity (Wildman–Crippen MR) is 77.9 cm³/mol. The number of nitro groups is 1. The molecule has 0 amide bonds. The lowest BCUT2D eigenvalue weighted by molar-refractivity contribution is -0.383. The van der Waals surface area contributed by atoms with Crippen LogP contribution in [-0.4, -0.2) is 48.7 Å². The first-order chi connectivity index (χ1) is 9.60. The summed E-state index contributed by atoms with van der Waals surface area (Å²) < 4.78 is 5.68. The van der Waals surface area contributed by atoms with Crippen molar-refractivity contribution < 1.29 is 9.66 Å². The average molecular weight is 280 g/mol. The monoisotopic (exact) mass is 280 g/mol. The summed E-state index contributed by atoms with van der Waals surface area (Å²) >= 11 is 0. The number of anilines is 2. The number of nitrogens with one attached hydrogen (secondary N) is 1. The minimum absolute atomic E-state index is 0.0679. The lowest BCUT2D eigenvalue weighted by Gasteiger charge is -2.32. The highest BCUT2D eigenvalue weighted by molar-refractivity contribution is 5.65. The van der Waals surface area contributed by atoms with Gasteiger partial charge in [0, 0.05) is 31.4 Å². The molecule has 1 aliphatic rings. The Morgan fingerprint density at radius 2 is 2.40 bits per heavy atom. The molecule has 7 nitrogen and oxygen atoms in total. The summed E-state index contributed by atoms with van der Waals surface area (Å²) in [7, 11) is 0. The number of rotatable bonds is 5. The van der Waals surface area contributed by atoms with Crippen molar-refractivity contribution in [3.05, 3.63) is 28.3 Å². The van der Waals surface area contributed by atoms with Crippen molar-refractivity contribution in [2.75, 3.05) is 43.8 Å². The van der Waals surface area contributed by atoms with Gasteiger partial charge in [0.1, 0.15) is 5.69 Å². The van der Waals surface area contributed by atoms with E-state index in [4.69, 9.17) is 10.5 Å². The van der Waals surface area contributed by atoms with Gasteiger partial charge in [-0.15, -0.1) is 0 Å². The van der Waals surface area contributed by atoms with E-state index in [2.05, 4.69) is 17.1 Å². The Kier molecular flexibility index (Phi) is 4.75. The minimum atomic E-state index is -0.484. The maximum absolute atomic E-state index is 10.7. The normalized spacial score (nSPS) is 19.8. The van der Waals surface area contributed by atoms with E-state index in [-0.39, 0.29) is 17.5 Å². The lowest BCUT2D eigenvalue weighted by atomic mass is 10.2. The highest BCUT2D eigenvalue weighted by Gasteiger charge is 2.19. The van der Waals surface area contributed by atoms with E-state index in [0.717, 1.165) is 31.9 Å². The zero-order chi connectivity index (χ0) is 14.5. The number of morpholine rings is 1. The standard InChI is InChI=1S/C13H20N4O3/c1-2-16-5-6-20-11(9-16)8-15-10-3-4-13(17(18)19)12(14)7-10/h3-4,7,11,15H,2,5-6,8-9,14H2,1H3. The lowest BCUT2D eigenvalue weighted by Crippen LogP contribution is -2.45. The summed E-state index contributed by atoms with van der Waals surface area (Å²) in [5, 5.41) is 13.9. The van der Waals surface area contributed by atoms with Gasteiger partial charge in [-0.25, -0.2) is 0 Å². The minimum Gasteiger partial charge on any atom is -0.393 e. The third-order valence-corrected chi connectivity index (χ3v) is 3.43. The molecule has 1 saturated heterocycles. The Balaban J connectivity index is 1.91. The van der Waals surface area contributed by atoms with E-state index in [9.17, 15) is 10.1 Å². The number of nitrogens with two attached hydrogens (primary N) is 1. The van der Waals surface area contributed by atoms with Crippen LogP contribution in [0.1, 0.15) is 6.92 Å². The van der Waals surface area contributed by atoms with Gasteiger partial charge in [0.2, 0.25) is 0 Å². The van der Waals surface area contributed by atoms with Crippen LogP contribution in [0.2, 0.25) is 0 Å². The highest BCUT2D eigenvalue weighted by Crippen LogP contribution is 2.24. The molecular formula is C13H20N4O3. The first kappa shape index (κ1) is 14.5. The Hall–Kier alpha value is -1.86. The van der Waals surface area contributed by atoms with Crippen LogP contribution in [-0.2, 0) is 4.74 Å². The number of nitrogens with zero attached hydrogens (tertiary/aromatic N) is 2. The molecule has 1 atom stereocenters. The molecule has 1 aromatic rings. The molecule has 20 heavy (non-hydrogen) atoms. The topological polar surface area (TPSA) is 93.7 Å². The Morgan fingerprint density at radius 3 is 3.05 bits per heavy atom. The molecule has 1 aromatic carbocycles. The molecule has 1 heterocycles. The summed E-state index contributed by atoms with van der Waals surface area (Å²) in [5.74, 6) is 0. The van der Waals surface area contributed by atoms with Gasteiger partial charge in [-0.2, -0.15) is 0 Å². The van der Waals surface area contributed by atoms with Crippen LogP contribution in [0.15, 0.2) is 18.2 Å². The van der Waals surface area contributed by atoms with Crippen LogP contribution in [0.25, 0.3) is 0 Å². The van der Waals surface area contributed by atoms with Crippen molar-refractivity contribution in [1.82, 2.24) is 4.90 Å². The van der Waals surface area contributed by atoms with Gasteiger partial charge in [0.25, 0.3) is 5.69 Å². The molecule has 1 aliphatic heterocycles.